The molecule has 0 radical (unpaired) electrons. The van der Waals surface area contributed by atoms with Gasteiger partial charge in [-0.25, -0.2) is 9.59 Å². The van der Waals surface area contributed by atoms with E-state index < -0.39 is 73.4 Å². The van der Waals surface area contributed by atoms with Crippen LogP contribution in [-0.4, -0.2) is 112 Å². The Labute approximate surface area is 338 Å². The first-order valence-electron chi connectivity index (χ1n) is 19.1. The number of carbonyl (C=O) groups is 2. The van der Waals surface area contributed by atoms with Crippen LogP contribution in [0, 0.1) is 0 Å². The van der Waals surface area contributed by atoms with Crippen molar-refractivity contribution in [3.63, 3.8) is 0 Å². The summed E-state index contributed by atoms with van der Waals surface area (Å²) in [6, 6.07) is 36.0. The molecule has 0 saturated carbocycles. The van der Waals surface area contributed by atoms with E-state index in [2.05, 4.69) is 6.58 Å². The van der Waals surface area contributed by atoms with Crippen molar-refractivity contribution in [2.45, 2.75) is 74.6 Å². The summed E-state index contributed by atoms with van der Waals surface area (Å²) in [5.41, 5.74) is 2.40. The first kappa shape index (κ1) is 42.8. The Kier molecular flexibility index (Phi) is 16.1. The molecule has 0 aromatic heterocycles. The van der Waals surface area contributed by atoms with E-state index in [4.69, 9.17) is 47.4 Å². The number of esters is 2. The van der Waals surface area contributed by atoms with Crippen LogP contribution in [0.3, 0.4) is 0 Å². The monoisotopic (exact) mass is 798 g/mol. The minimum atomic E-state index is -1.40. The van der Waals surface area contributed by atoms with Crippen LogP contribution in [0.4, 0.5) is 0 Å². The van der Waals surface area contributed by atoms with Crippen LogP contribution in [0.15, 0.2) is 134 Å². The summed E-state index contributed by atoms with van der Waals surface area (Å²) in [6.07, 6.45) is -10.0. The number of methoxy groups -OCH3 is 2. The quantitative estimate of drug-likeness (QED) is 0.0969. The van der Waals surface area contributed by atoms with E-state index in [9.17, 15) is 14.7 Å². The lowest BCUT2D eigenvalue weighted by Gasteiger charge is -2.48. The highest BCUT2D eigenvalue weighted by Gasteiger charge is 2.55. The lowest BCUT2D eigenvalue weighted by molar-refractivity contribution is -0.361. The van der Waals surface area contributed by atoms with Gasteiger partial charge in [-0.05, 0) is 35.4 Å². The molecule has 13 heteroatoms. The van der Waals surface area contributed by atoms with Crippen LogP contribution in [0.2, 0.25) is 0 Å². The highest BCUT2D eigenvalue weighted by molar-refractivity contribution is 5.90. The molecule has 4 aromatic rings. The molecule has 2 fully saturated rings. The fraction of sp³-hybridized carbons (Fsp3) is 0.378. The summed E-state index contributed by atoms with van der Waals surface area (Å²) >= 11 is 0. The van der Waals surface area contributed by atoms with Gasteiger partial charge < -0.3 is 52.5 Å². The Morgan fingerprint density at radius 1 is 0.603 bits per heavy atom. The SMILES string of the molecule is C=CCO[C@H]1O[C@H](COCc2ccccc2)[C@@H](O[C@H]2O[C@H](COCc3ccccc3)[C@@H](O)[C@H](OC)[C@@H]2OC(=O)c2ccccc2)[C@H](OC)[C@@H]1OC(=O)c1ccccc1. The molecular formula is C45H50O13. The van der Waals surface area contributed by atoms with Gasteiger partial charge in [0, 0.05) is 14.2 Å². The van der Waals surface area contributed by atoms with E-state index >= 15 is 0 Å². The Morgan fingerprint density at radius 3 is 1.53 bits per heavy atom. The van der Waals surface area contributed by atoms with Crippen molar-refractivity contribution < 1.29 is 62.1 Å². The zero-order chi connectivity index (χ0) is 40.7. The molecule has 0 aliphatic carbocycles. The molecule has 58 heavy (non-hydrogen) atoms. The average Bonchev–Trinajstić information content (AvgIpc) is 3.26. The fourth-order valence-corrected chi connectivity index (χ4v) is 6.82. The highest BCUT2D eigenvalue weighted by Crippen LogP contribution is 2.35. The minimum absolute atomic E-state index is 0.0339. The van der Waals surface area contributed by atoms with Crippen molar-refractivity contribution in [1.29, 1.82) is 0 Å². The minimum Gasteiger partial charge on any atom is -0.450 e. The average molecular weight is 799 g/mol. The van der Waals surface area contributed by atoms with Crippen molar-refractivity contribution in [2.75, 3.05) is 34.0 Å². The van der Waals surface area contributed by atoms with Crippen molar-refractivity contribution in [2.24, 2.45) is 0 Å². The molecule has 2 heterocycles. The predicted molar refractivity (Wildman–Crippen MR) is 209 cm³/mol. The Hall–Kier alpha value is -4.80. The summed E-state index contributed by atoms with van der Waals surface area (Å²) in [6.45, 7) is 4.21. The maximum atomic E-state index is 13.6. The molecule has 0 unspecified atom stereocenters. The van der Waals surface area contributed by atoms with E-state index in [-0.39, 0.29) is 38.6 Å². The zero-order valence-electron chi connectivity index (χ0n) is 32.5. The van der Waals surface area contributed by atoms with Crippen LogP contribution < -0.4 is 0 Å². The lowest BCUT2D eigenvalue weighted by atomic mass is 9.96. The molecule has 0 amide bonds. The maximum absolute atomic E-state index is 13.6. The third-order valence-electron chi connectivity index (χ3n) is 9.72. The van der Waals surface area contributed by atoms with Gasteiger partial charge in [-0.1, -0.05) is 103 Å². The summed E-state index contributed by atoms with van der Waals surface area (Å²) < 4.78 is 62.0. The highest BCUT2D eigenvalue weighted by atomic mass is 16.8. The van der Waals surface area contributed by atoms with Crippen LogP contribution >= 0.6 is 0 Å². The van der Waals surface area contributed by atoms with Gasteiger partial charge >= 0.3 is 11.9 Å². The predicted octanol–water partition coefficient (Wildman–Crippen LogP) is 5.30. The van der Waals surface area contributed by atoms with Crippen molar-refractivity contribution in [1.82, 2.24) is 0 Å². The van der Waals surface area contributed by atoms with Crippen molar-refractivity contribution in [3.8, 4) is 0 Å². The number of hydrogen-bond acceptors (Lipinski definition) is 13. The fourth-order valence-electron chi connectivity index (χ4n) is 6.82. The summed E-state index contributed by atoms with van der Waals surface area (Å²) in [5.74, 6) is -1.35. The van der Waals surface area contributed by atoms with Gasteiger partial charge in [0.25, 0.3) is 0 Å². The first-order chi connectivity index (χ1) is 28.4. The molecular weight excluding hydrogens is 748 g/mol. The lowest BCUT2D eigenvalue weighted by Crippen LogP contribution is -2.66. The normalized spacial score (nSPS) is 27.0. The molecule has 0 bridgehead atoms. The van der Waals surface area contributed by atoms with Crippen LogP contribution in [0.25, 0.3) is 0 Å². The van der Waals surface area contributed by atoms with E-state index in [0.717, 1.165) is 11.1 Å². The Morgan fingerprint density at radius 2 is 1.05 bits per heavy atom. The summed E-state index contributed by atoms with van der Waals surface area (Å²) in [4.78, 5) is 27.2. The molecule has 1 N–H and O–H groups in total. The number of aliphatic hydroxyl groups excluding tert-OH is 1. The second kappa shape index (κ2) is 21.8. The van der Waals surface area contributed by atoms with Crippen LogP contribution in [-0.2, 0) is 60.6 Å². The van der Waals surface area contributed by atoms with Crippen LogP contribution in [0.1, 0.15) is 31.8 Å². The molecule has 2 aliphatic heterocycles. The van der Waals surface area contributed by atoms with E-state index in [0.29, 0.717) is 5.56 Å². The Balaban J connectivity index is 1.33. The molecule has 4 aromatic carbocycles. The molecule has 10 atom stereocenters. The van der Waals surface area contributed by atoms with Crippen molar-refractivity contribution >= 4 is 11.9 Å². The number of aliphatic hydroxyl groups is 1. The number of hydrogen-bond donors (Lipinski definition) is 1. The smallest absolute Gasteiger partial charge is 0.338 e. The molecule has 6 rings (SSSR count). The second-order valence-corrected chi connectivity index (χ2v) is 13.7. The topological polar surface area (TPSA) is 147 Å². The standard InChI is InChI=1S/C45H50O13/c1-4-25-53-44-41(57-43(48)33-23-15-8-16-24-33)39(50-3)37(35(55-44)29-52-27-31-19-11-6-12-20-31)58-45-40(56-42(47)32-21-13-7-14-22-32)38(49-2)36(46)34(54-45)28-51-26-30-17-9-5-10-18-30/h4-24,34-41,44-46H,1,25-29H2,2-3H3/t34-,35-,36-,37-,38+,39+,40+,41+,44+,45-/m1/s1. The molecule has 13 nitrogen and oxygen atoms in total. The van der Waals surface area contributed by atoms with Gasteiger partial charge in [0.2, 0.25) is 0 Å². The summed E-state index contributed by atoms with van der Waals surface area (Å²) in [5, 5.41) is 11.6. The van der Waals surface area contributed by atoms with Gasteiger partial charge in [0.15, 0.2) is 24.8 Å². The van der Waals surface area contributed by atoms with Gasteiger partial charge in [0.1, 0.15) is 36.6 Å². The molecule has 2 saturated heterocycles. The maximum Gasteiger partial charge on any atom is 0.338 e. The van der Waals surface area contributed by atoms with E-state index in [1.165, 1.54) is 14.2 Å². The second-order valence-electron chi connectivity index (χ2n) is 13.7. The van der Waals surface area contributed by atoms with Crippen molar-refractivity contribution in [3.05, 3.63) is 156 Å². The third kappa shape index (κ3) is 11.2. The zero-order valence-corrected chi connectivity index (χ0v) is 32.5. The number of carbonyl (C=O) groups excluding carboxylic acids is 2. The largest absolute Gasteiger partial charge is 0.450 e. The van der Waals surface area contributed by atoms with Crippen LogP contribution in [0.5, 0.6) is 0 Å². The Bertz CT molecular complexity index is 1830. The third-order valence-corrected chi connectivity index (χ3v) is 9.72. The number of ether oxygens (including phenoxy) is 10. The number of rotatable bonds is 19. The molecule has 0 spiro atoms. The van der Waals surface area contributed by atoms with Gasteiger partial charge in [0.05, 0.1) is 44.2 Å². The summed E-state index contributed by atoms with van der Waals surface area (Å²) in [7, 11) is 2.84. The van der Waals surface area contributed by atoms with Gasteiger partial charge in [-0.15, -0.1) is 6.58 Å². The molecule has 2 aliphatic rings. The van der Waals surface area contributed by atoms with E-state index in [1.54, 1.807) is 66.7 Å². The van der Waals surface area contributed by atoms with Gasteiger partial charge in [-0.2, -0.15) is 0 Å². The van der Waals surface area contributed by atoms with E-state index in [1.807, 2.05) is 60.7 Å². The molecule has 308 valence electrons. The first-order valence-corrected chi connectivity index (χ1v) is 19.1. The number of benzene rings is 4. The van der Waals surface area contributed by atoms with Gasteiger partial charge in [-0.3, -0.25) is 0 Å².